The number of hydrogen-bond acceptors (Lipinski definition) is 3. The van der Waals surface area contributed by atoms with E-state index in [0.717, 1.165) is 0 Å². The number of halogens is 1. The molecule has 1 unspecified atom stereocenters. The third-order valence-electron chi connectivity index (χ3n) is 3.08. The summed E-state index contributed by atoms with van der Waals surface area (Å²) in [6.45, 7) is 1.57. The molecule has 0 saturated carbocycles. The van der Waals surface area contributed by atoms with E-state index in [1.807, 2.05) is 0 Å². The zero-order chi connectivity index (χ0) is 14.6. The summed E-state index contributed by atoms with van der Waals surface area (Å²) in [7, 11) is 0. The molecule has 0 amide bonds. The van der Waals surface area contributed by atoms with Gasteiger partial charge in [-0.25, -0.2) is 4.39 Å². The van der Waals surface area contributed by atoms with Gasteiger partial charge < -0.3 is 10.2 Å². The summed E-state index contributed by atoms with van der Waals surface area (Å²) in [6.07, 6.45) is 1.77. The van der Waals surface area contributed by atoms with Crippen molar-refractivity contribution in [2.45, 2.75) is 12.3 Å². The highest BCUT2D eigenvalue weighted by atomic mass is 32.2. The standard InChI is InChI=1S/C13H15FO4S/c1-13(7-19-2,10(11(15)16)12(17)18)8-3-5-9(14)6-4-8/h3-6,10H,7H2,1-2H3,(H,15,16)(H,17,18). The average molecular weight is 286 g/mol. The number of hydrogen-bond donors (Lipinski definition) is 2. The van der Waals surface area contributed by atoms with Gasteiger partial charge in [-0.15, -0.1) is 0 Å². The molecule has 0 aliphatic rings. The van der Waals surface area contributed by atoms with Crippen molar-refractivity contribution < 1.29 is 24.2 Å². The highest BCUT2D eigenvalue weighted by Gasteiger charge is 2.45. The van der Waals surface area contributed by atoms with Crippen LogP contribution in [0.5, 0.6) is 0 Å². The maximum Gasteiger partial charge on any atom is 0.318 e. The van der Waals surface area contributed by atoms with Crippen LogP contribution < -0.4 is 0 Å². The Kier molecular flexibility index (Phi) is 4.94. The molecular weight excluding hydrogens is 271 g/mol. The fourth-order valence-corrected chi connectivity index (χ4v) is 3.05. The van der Waals surface area contributed by atoms with Crippen LogP contribution >= 0.6 is 11.8 Å². The summed E-state index contributed by atoms with van der Waals surface area (Å²) >= 11 is 1.35. The number of aliphatic carboxylic acids is 2. The Morgan fingerprint density at radius 2 is 1.74 bits per heavy atom. The third kappa shape index (κ3) is 3.26. The van der Waals surface area contributed by atoms with Gasteiger partial charge in [-0.3, -0.25) is 9.59 Å². The van der Waals surface area contributed by atoms with Gasteiger partial charge in [-0.2, -0.15) is 11.8 Å². The summed E-state index contributed by atoms with van der Waals surface area (Å²) < 4.78 is 12.9. The van der Waals surface area contributed by atoms with Crippen LogP contribution in [0.25, 0.3) is 0 Å². The highest BCUT2D eigenvalue weighted by molar-refractivity contribution is 7.98. The van der Waals surface area contributed by atoms with Crippen molar-refractivity contribution in [2.24, 2.45) is 5.92 Å². The molecule has 0 aliphatic carbocycles. The fourth-order valence-electron chi connectivity index (χ4n) is 2.11. The molecule has 4 nitrogen and oxygen atoms in total. The molecule has 0 saturated heterocycles. The van der Waals surface area contributed by atoms with Crippen LogP contribution in [0.4, 0.5) is 4.39 Å². The number of thioether (sulfide) groups is 1. The van der Waals surface area contributed by atoms with E-state index in [4.69, 9.17) is 10.2 Å². The quantitative estimate of drug-likeness (QED) is 0.784. The van der Waals surface area contributed by atoms with Crippen molar-refractivity contribution in [3.63, 3.8) is 0 Å². The van der Waals surface area contributed by atoms with Crippen LogP contribution in [-0.2, 0) is 15.0 Å². The van der Waals surface area contributed by atoms with Crippen LogP contribution in [0, 0.1) is 11.7 Å². The maximum absolute atomic E-state index is 12.9. The lowest BCUT2D eigenvalue weighted by atomic mass is 9.73. The second-order valence-corrected chi connectivity index (χ2v) is 5.33. The van der Waals surface area contributed by atoms with Gasteiger partial charge in [-0.1, -0.05) is 19.1 Å². The van der Waals surface area contributed by atoms with E-state index in [9.17, 15) is 14.0 Å². The molecule has 0 heterocycles. The van der Waals surface area contributed by atoms with Crippen molar-refractivity contribution in [2.75, 3.05) is 12.0 Å². The largest absolute Gasteiger partial charge is 0.481 e. The zero-order valence-corrected chi connectivity index (χ0v) is 11.4. The van der Waals surface area contributed by atoms with Crippen molar-refractivity contribution in [1.29, 1.82) is 0 Å². The number of benzene rings is 1. The molecular formula is C13H15FO4S. The molecule has 19 heavy (non-hydrogen) atoms. The van der Waals surface area contributed by atoms with Gasteiger partial charge in [0.05, 0.1) is 0 Å². The minimum Gasteiger partial charge on any atom is -0.481 e. The first-order valence-corrected chi connectivity index (χ1v) is 6.93. The van der Waals surface area contributed by atoms with E-state index in [1.165, 1.54) is 36.0 Å². The lowest BCUT2D eigenvalue weighted by Gasteiger charge is -2.33. The van der Waals surface area contributed by atoms with Gasteiger partial charge in [0, 0.05) is 11.2 Å². The molecule has 6 heteroatoms. The predicted molar refractivity (Wildman–Crippen MR) is 70.9 cm³/mol. The van der Waals surface area contributed by atoms with Gasteiger partial charge in [0.15, 0.2) is 5.92 Å². The predicted octanol–water partition coefficient (Wildman–Crippen LogP) is 2.23. The summed E-state index contributed by atoms with van der Waals surface area (Å²) in [5, 5.41) is 18.3. The summed E-state index contributed by atoms with van der Waals surface area (Å²) in [5.74, 6) is -4.51. The van der Waals surface area contributed by atoms with Crippen molar-refractivity contribution in [1.82, 2.24) is 0 Å². The van der Waals surface area contributed by atoms with Crippen LogP contribution in [0.3, 0.4) is 0 Å². The summed E-state index contributed by atoms with van der Waals surface area (Å²) in [6, 6.07) is 5.28. The Labute approximate surface area is 114 Å². The van der Waals surface area contributed by atoms with Crippen LogP contribution in [0.1, 0.15) is 12.5 Å². The molecule has 0 fully saturated rings. The van der Waals surface area contributed by atoms with E-state index in [1.54, 1.807) is 13.2 Å². The van der Waals surface area contributed by atoms with Gasteiger partial charge in [0.25, 0.3) is 0 Å². The fraction of sp³-hybridized carbons (Fsp3) is 0.385. The lowest BCUT2D eigenvalue weighted by Crippen LogP contribution is -2.44. The van der Waals surface area contributed by atoms with E-state index in [-0.39, 0.29) is 0 Å². The second kappa shape index (κ2) is 6.06. The molecule has 0 aromatic heterocycles. The average Bonchev–Trinajstić information content (AvgIpc) is 2.28. The first-order valence-electron chi connectivity index (χ1n) is 5.53. The minimum absolute atomic E-state index is 0.307. The number of carbonyl (C=O) groups is 2. The molecule has 0 radical (unpaired) electrons. The Hall–Kier alpha value is -1.56. The SMILES string of the molecule is CSCC(C)(c1ccc(F)cc1)C(C(=O)O)C(=O)O. The monoisotopic (exact) mass is 286 g/mol. The Balaban J connectivity index is 3.32. The zero-order valence-electron chi connectivity index (χ0n) is 10.6. The first kappa shape index (κ1) is 15.5. The van der Waals surface area contributed by atoms with Crippen LogP contribution in [0.2, 0.25) is 0 Å². The Morgan fingerprint density at radius 3 is 2.11 bits per heavy atom. The van der Waals surface area contributed by atoms with Crippen LogP contribution in [-0.4, -0.2) is 34.2 Å². The van der Waals surface area contributed by atoms with Gasteiger partial charge in [0.1, 0.15) is 5.82 Å². The Bertz CT molecular complexity index is 460. The molecule has 2 N–H and O–H groups in total. The summed E-state index contributed by atoms with van der Waals surface area (Å²) in [5.41, 5.74) is -0.608. The van der Waals surface area contributed by atoms with E-state index in [2.05, 4.69) is 0 Å². The smallest absolute Gasteiger partial charge is 0.318 e. The molecule has 0 aliphatic heterocycles. The van der Waals surface area contributed by atoms with E-state index in [0.29, 0.717) is 11.3 Å². The molecule has 1 aromatic rings. The molecule has 0 bridgehead atoms. The first-order chi connectivity index (χ1) is 8.82. The van der Waals surface area contributed by atoms with E-state index >= 15 is 0 Å². The minimum atomic E-state index is -1.58. The topological polar surface area (TPSA) is 74.6 Å². The summed E-state index contributed by atoms with van der Waals surface area (Å²) in [4.78, 5) is 22.5. The number of carboxylic acids is 2. The van der Waals surface area contributed by atoms with Crippen molar-refractivity contribution in [3.05, 3.63) is 35.6 Å². The van der Waals surface area contributed by atoms with Gasteiger partial charge >= 0.3 is 11.9 Å². The number of carboxylic acid groups (broad SMARTS) is 2. The number of rotatable bonds is 6. The lowest BCUT2D eigenvalue weighted by molar-refractivity contribution is -0.157. The molecule has 104 valence electrons. The third-order valence-corrected chi connectivity index (χ3v) is 3.97. The van der Waals surface area contributed by atoms with Crippen LogP contribution in [0.15, 0.2) is 24.3 Å². The molecule has 0 spiro atoms. The van der Waals surface area contributed by atoms with E-state index < -0.39 is 29.1 Å². The maximum atomic E-state index is 12.9. The van der Waals surface area contributed by atoms with Gasteiger partial charge in [0.2, 0.25) is 0 Å². The van der Waals surface area contributed by atoms with Crippen molar-refractivity contribution in [3.8, 4) is 0 Å². The van der Waals surface area contributed by atoms with Crippen molar-refractivity contribution >= 4 is 23.7 Å². The molecule has 1 rings (SSSR count). The Morgan fingerprint density at radius 1 is 1.26 bits per heavy atom. The second-order valence-electron chi connectivity index (χ2n) is 4.47. The van der Waals surface area contributed by atoms with Gasteiger partial charge in [-0.05, 0) is 24.0 Å². The molecule has 1 aromatic carbocycles. The normalized spacial score (nSPS) is 14.1. The molecule has 1 atom stereocenters. The highest BCUT2D eigenvalue weighted by Crippen LogP contribution is 2.35.